The van der Waals surface area contributed by atoms with Gasteiger partial charge in [0, 0.05) is 35.8 Å². The molecule has 6 rings (SSSR count). The van der Waals surface area contributed by atoms with Gasteiger partial charge in [-0.1, -0.05) is 54.1 Å². The predicted molar refractivity (Wildman–Crippen MR) is 189 cm³/mol. The van der Waals surface area contributed by atoms with E-state index in [1.807, 2.05) is 55.5 Å². The van der Waals surface area contributed by atoms with Gasteiger partial charge in [-0.3, -0.25) is 10.1 Å². The fraction of sp³-hybridized carbons (Fsp3) is 0.405. The number of carboxylic acid groups (broad SMARTS) is 1. The number of rotatable bonds is 13. The fourth-order valence-electron chi connectivity index (χ4n) is 6.86. The number of nitrogens with one attached hydrogen (secondary N) is 3. The Hall–Kier alpha value is -4.50. The zero-order chi connectivity index (χ0) is 37.4. The van der Waals surface area contributed by atoms with Crippen LogP contribution in [0.25, 0.3) is 22.4 Å². The van der Waals surface area contributed by atoms with E-state index >= 15 is 0 Å². The number of nitrogens with zero attached hydrogens (tertiary/aromatic N) is 3. The van der Waals surface area contributed by atoms with Crippen molar-refractivity contribution in [2.24, 2.45) is 0 Å². The predicted octanol–water partition coefficient (Wildman–Crippen LogP) is 6.56. The second-order valence-corrected chi connectivity index (χ2v) is 13.8. The van der Waals surface area contributed by atoms with Crippen LogP contribution in [0.15, 0.2) is 48.5 Å². The van der Waals surface area contributed by atoms with Crippen LogP contribution in [0.3, 0.4) is 0 Å². The second kappa shape index (κ2) is 14.9. The number of halogens is 4. The summed E-state index contributed by atoms with van der Waals surface area (Å²) in [7, 11) is 2.83. The van der Waals surface area contributed by atoms with E-state index in [4.69, 9.17) is 31.2 Å². The molecule has 11 nitrogen and oxygen atoms in total. The average Bonchev–Trinajstić information content (AvgIpc) is 3.51. The SMILES string of the molecule is COc1nc(-c2cccc(-c3cccc4c3CC[C@@H]4Nc3nc(OC)c(CN[C@@H](C)C(=O)O)nc3C(F)(F)F)c2Cl)ccc1CNC1CC(C)(O)C1. The number of benzene rings is 2. The molecule has 0 radical (unpaired) electrons. The molecule has 0 unspecified atom stereocenters. The first-order valence-electron chi connectivity index (χ1n) is 16.8. The van der Waals surface area contributed by atoms with Crippen molar-refractivity contribution in [2.75, 3.05) is 19.5 Å². The molecule has 2 aromatic heterocycles. The van der Waals surface area contributed by atoms with Gasteiger partial charge in [0.25, 0.3) is 0 Å². The number of aliphatic hydroxyl groups is 1. The number of alkyl halides is 3. The van der Waals surface area contributed by atoms with E-state index in [9.17, 15) is 23.1 Å². The van der Waals surface area contributed by atoms with Crippen molar-refractivity contribution in [2.45, 2.75) is 82.5 Å². The summed E-state index contributed by atoms with van der Waals surface area (Å²) in [5.74, 6) is -1.34. The lowest BCUT2D eigenvalue weighted by Gasteiger charge is -2.41. The third-order valence-corrected chi connectivity index (χ3v) is 9.98. The van der Waals surface area contributed by atoms with E-state index in [2.05, 4.69) is 25.9 Å². The second-order valence-electron chi connectivity index (χ2n) is 13.4. The molecule has 1 fully saturated rings. The summed E-state index contributed by atoms with van der Waals surface area (Å²) in [6.07, 6.45) is -2.44. The van der Waals surface area contributed by atoms with Crippen LogP contribution in [0.5, 0.6) is 11.8 Å². The highest BCUT2D eigenvalue weighted by atomic mass is 35.5. The van der Waals surface area contributed by atoms with Crippen LogP contribution >= 0.6 is 11.6 Å². The van der Waals surface area contributed by atoms with Gasteiger partial charge in [-0.25, -0.2) is 9.97 Å². The number of ether oxygens (including phenoxy) is 2. The molecule has 0 aliphatic heterocycles. The third-order valence-electron chi connectivity index (χ3n) is 9.57. The van der Waals surface area contributed by atoms with Gasteiger partial charge in [0.15, 0.2) is 11.5 Å². The van der Waals surface area contributed by atoms with E-state index in [-0.39, 0.29) is 24.2 Å². The Labute approximate surface area is 304 Å². The molecule has 2 atom stereocenters. The maximum atomic E-state index is 14.3. The molecule has 2 aromatic carbocycles. The molecule has 0 bridgehead atoms. The highest BCUT2D eigenvalue weighted by molar-refractivity contribution is 6.36. The maximum absolute atomic E-state index is 14.3. The largest absolute Gasteiger partial charge is 0.481 e. The zero-order valence-electron chi connectivity index (χ0n) is 29.1. The molecule has 2 heterocycles. The Morgan fingerprint density at radius 1 is 1.00 bits per heavy atom. The lowest BCUT2D eigenvalue weighted by Crippen LogP contribution is -2.51. The molecule has 5 N–H and O–H groups in total. The quantitative estimate of drug-likeness (QED) is 0.101. The van der Waals surface area contributed by atoms with Gasteiger partial charge >= 0.3 is 12.1 Å². The summed E-state index contributed by atoms with van der Waals surface area (Å²) >= 11 is 7.09. The number of hydrogen-bond donors (Lipinski definition) is 5. The minimum Gasteiger partial charge on any atom is -0.481 e. The fourth-order valence-corrected chi connectivity index (χ4v) is 7.18. The first-order valence-corrected chi connectivity index (χ1v) is 17.2. The first kappa shape index (κ1) is 37.3. The third kappa shape index (κ3) is 7.80. The van der Waals surface area contributed by atoms with Gasteiger partial charge in [-0.15, -0.1) is 0 Å². The van der Waals surface area contributed by atoms with Gasteiger partial charge in [-0.05, 0) is 62.3 Å². The summed E-state index contributed by atoms with van der Waals surface area (Å²) in [6, 6.07) is 13.8. The number of fused-ring (bicyclic) bond motifs is 1. The van der Waals surface area contributed by atoms with Gasteiger partial charge in [-0.2, -0.15) is 18.2 Å². The highest BCUT2D eigenvalue weighted by Gasteiger charge is 2.40. The Bertz CT molecular complexity index is 1970. The summed E-state index contributed by atoms with van der Waals surface area (Å²) in [5.41, 5.74) is 3.52. The number of methoxy groups -OCH3 is 2. The molecule has 2 aliphatic rings. The molecule has 1 saturated carbocycles. The number of hydrogen-bond acceptors (Lipinski definition) is 10. The number of aromatic nitrogens is 3. The lowest BCUT2D eigenvalue weighted by atomic mass is 9.77. The lowest BCUT2D eigenvalue weighted by molar-refractivity contribution is -0.141. The minimum absolute atomic E-state index is 0.154. The molecular formula is C37H40ClF3N6O5. The van der Waals surface area contributed by atoms with Crippen molar-refractivity contribution in [3.8, 4) is 34.1 Å². The molecule has 15 heteroatoms. The van der Waals surface area contributed by atoms with Crippen molar-refractivity contribution >= 4 is 23.4 Å². The summed E-state index contributed by atoms with van der Waals surface area (Å²) < 4.78 is 53.8. The Morgan fingerprint density at radius 3 is 2.37 bits per heavy atom. The molecule has 0 spiro atoms. The molecular weight excluding hydrogens is 701 g/mol. The van der Waals surface area contributed by atoms with Crippen LogP contribution in [0, 0.1) is 0 Å². The molecule has 276 valence electrons. The van der Waals surface area contributed by atoms with Crippen molar-refractivity contribution in [3.05, 3.63) is 81.6 Å². The minimum atomic E-state index is -4.85. The topological polar surface area (TPSA) is 151 Å². The van der Waals surface area contributed by atoms with Gasteiger partial charge in [0.2, 0.25) is 11.8 Å². The van der Waals surface area contributed by atoms with Crippen LogP contribution in [0.1, 0.15) is 67.2 Å². The van der Waals surface area contributed by atoms with Crippen LogP contribution in [0.2, 0.25) is 5.02 Å². The van der Waals surface area contributed by atoms with Gasteiger partial charge in [0.1, 0.15) is 11.7 Å². The molecule has 2 aliphatic carbocycles. The Kier molecular flexibility index (Phi) is 10.6. The van der Waals surface area contributed by atoms with E-state index in [0.29, 0.717) is 54.4 Å². The van der Waals surface area contributed by atoms with E-state index in [0.717, 1.165) is 27.8 Å². The standard InChI is InChI=1S/C37H40ClF3N6O5/c1-19(35(48)49)42-18-29-34(52-4)47-32(31(44-29)37(39,40)41)45-27-14-12-23-22(7-5-8-24(23)27)25-9-6-10-26(30(25)38)28-13-11-20(33(46-28)51-3)17-43-21-15-36(2,50)16-21/h5-11,13,19,21,27,42-43,50H,12,14-18H2,1-4H3,(H,45,47)(H,48,49)/t19-,21?,27-,36?/m0/s1. The number of pyridine rings is 1. The summed E-state index contributed by atoms with van der Waals surface area (Å²) in [5, 5.41) is 28.7. The number of carbonyl (C=O) groups is 1. The number of anilines is 1. The average molecular weight is 741 g/mol. The van der Waals surface area contributed by atoms with E-state index in [1.54, 1.807) is 7.11 Å². The Balaban J connectivity index is 1.26. The number of carboxylic acids is 1. The molecule has 0 saturated heterocycles. The van der Waals surface area contributed by atoms with Gasteiger partial charge < -0.3 is 30.3 Å². The van der Waals surface area contributed by atoms with Crippen LogP contribution in [0.4, 0.5) is 19.0 Å². The number of aliphatic carboxylic acids is 1. The highest BCUT2D eigenvalue weighted by Crippen LogP contribution is 2.45. The van der Waals surface area contributed by atoms with Crippen LogP contribution in [-0.2, 0) is 30.5 Å². The molecule has 4 aromatic rings. The van der Waals surface area contributed by atoms with E-state index < -0.39 is 41.3 Å². The van der Waals surface area contributed by atoms with Crippen molar-refractivity contribution in [3.63, 3.8) is 0 Å². The smallest absolute Gasteiger partial charge is 0.437 e. The Morgan fingerprint density at radius 2 is 1.69 bits per heavy atom. The van der Waals surface area contributed by atoms with E-state index in [1.165, 1.54) is 14.0 Å². The van der Waals surface area contributed by atoms with Crippen molar-refractivity contribution < 1.29 is 37.7 Å². The monoisotopic (exact) mass is 740 g/mol. The van der Waals surface area contributed by atoms with Crippen LogP contribution in [-0.4, -0.2) is 63.0 Å². The summed E-state index contributed by atoms with van der Waals surface area (Å²) in [6.45, 7) is 3.44. The molecule has 0 amide bonds. The maximum Gasteiger partial charge on any atom is 0.437 e. The molecule has 52 heavy (non-hydrogen) atoms. The first-order chi connectivity index (χ1) is 24.7. The van der Waals surface area contributed by atoms with Crippen molar-refractivity contribution in [1.29, 1.82) is 0 Å². The zero-order valence-corrected chi connectivity index (χ0v) is 29.8. The normalized spacial score (nSPS) is 20.2. The summed E-state index contributed by atoms with van der Waals surface area (Å²) in [4.78, 5) is 24.0. The van der Waals surface area contributed by atoms with Crippen LogP contribution < -0.4 is 25.4 Å². The van der Waals surface area contributed by atoms with Gasteiger partial charge in [0.05, 0.1) is 36.6 Å². The van der Waals surface area contributed by atoms with Crippen molar-refractivity contribution in [1.82, 2.24) is 25.6 Å².